The highest BCUT2D eigenvalue weighted by Crippen LogP contribution is 2.32. The Morgan fingerprint density at radius 3 is 1.39 bits per heavy atom. The maximum absolute atomic E-state index is 3.41. The lowest BCUT2D eigenvalue weighted by molar-refractivity contribution is 1.45. The van der Waals surface area contributed by atoms with E-state index in [1.54, 1.807) is 0 Å². The Hall–Kier alpha value is -1.99. The van der Waals surface area contributed by atoms with Gasteiger partial charge in [0.1, 0.15) is 0 Å². The van der Waals surface area contributed by atoms with Crippen molar-refractivity contribution in [3.05, 3.63) is 131 Å². The van der Waals surface area contributed by atoms with Crippen molar-refractivity contribution in [2.75, 3.05) is 5.33 Å². The van der Waals surface area contributed by atoms with E-state index in [2.05, 4.69) is 148 Å². The van der Waals surface area contributed by atoms with E-state index in [-0.39, 0.29) is 0 Å². The quantitative estimate of drug-likeness (QED) is 0.176. The molecule has 3 heteroatoms. The molecule has 0 atom stereocenters. The lowest BCUT2D eigenvalue weighted by Crippen LogP contribution is -2.20. The van der Waals surface area contributed by atoms with Gasteiger partial charge in [0, 0.05) is 9.80 Å². The molecule has 0 aromatic heterocycles. The fraction of sp³-hybridized carbons (Fsp3) is 0.0714. The molecule has 0 radical (unpaired) electrons. The standard InChI is InChI=1S/C18H15P.C10H10Br2/c1-4-10-16(11-5-1)19(17-12-6-2-7-13-17)18-14-8-3-9-15-18;1-8(7-11)6-9-2-4-10(12)5-3-9/h1-15H;2-6H,7H2,1H3. The van der Waals surface area contributed by atoms with Gasteiger partial charge in [-0.05, 0) is 48.5 Å². The zero-order valence-electron chi connectivity index (χ0n) is 17.5. The summed E-state index contributed by atoms with van der Waals surface area (Å²) in [6.45, 7) is 2.11. The van der Waals surface area contributed by atoms with Crippen LogP contribution in [0, 0.1) is 0 Å². The molecular formula is C28H25Br2P. The number of hydrogen-bond acceptors (Lipinski definition) is 0. The predicted molar refractivity (Wildman–Crippen MR) is 147 cm³/mol. The van der Waals surface area contributed by atoms with Gasteiger partial charge in [-0.15, -0.1) is 0 Å². The van der Waals surface area contributed by atoms with Crippen LogP contribution in [0.5, 0.6) is 0 Å². The van der Waals surface area contributed by atoms with Crippen molar-refractivity contribution in [2.24, 2.45) is 0 Å². The minimum absolute atomic E-state index is 0.446. The SMILES string of the molecule is CC(=Cc1ccc(Br)cc1)CBr.c1ccc(P(c2ccccc2)c2ccccc2)cc1. The molecule has 0 fully saturated rings. The number of hydrogen-bond donors (Lipinski definition) is 0. The third kappa shape index (κ3) is 7.58. The van der Waals surface area contributed by atoms with E-state index in [0.717, 1.165) is 9.80 Å². The first-order valence-corrected chi connectivity index (χ1v) is 13.4. The van der Waals surface area contributed by atoms with Gasteiger partial charge < -0.3 is 0 Å². The molecule has 4 aromatic rings. The number of allylic oxidation sites excluding steroid dienone is 1. The molecule has 0 saturated heterocycles. The average molecular weight is 552 g/mol. The Morgan fingerprint density at radius 1 is 0.645 bits per heavy atom. The second-order valence-corrected chi connectivity index (χ2v) is 10.7. The van der Waals surface area contributed by atoms with Crippen molar-refractivity contribution >= 4 is 61.8 Å². The largest absolute Gasteiger partial charge is 0.0880 e. The first-order valence-electron chi connectivity index (χ1n) is 10.1. The van der Waals surface area contributed by atoms with Crippen LogP contribution in [0.15, 0.2) is 125 Å². The zero-order valence-corrected chi connectivity index (χ0v) is 21.5. The first kappa shape index (κ1) is 23.7. The van der Waals surface area contributed by atoms with Crippen molar-refractivity contribution < 1.29 is 0 Å². The molecule has 0 unspecified atom stereocenters. The molecular weight excluding hydrogens is 527 g/mol. The van der Waals surface area contributed by atoms with Crippen LogP contribution < -0.4 is 15.9 Å². The summed E-state index contributed by atoms with van der Waals surface area (Å²) < 4.78 is 1.12. The molecule has 0 N–H and O–H groups in total. The summed E-state index contributed by atoms with van der Waals surface area (Å²) in [6, 6.07) is 40.6. The molecule has 4 rings (SSSR count). The van der Waals surface area contributed by atoms with E-state index in [4.69, 9.17) is 0 Å². The van der Waals surface area contributed by atoms with E-state index in [0.29, 0.717) is 0 Å². The zero-order chi connectivity index (χ0) is 21.9. The maximum atomic E-state index is 3.41. The van der Waals surface area contributed by atoms with Gasteiger partial charge in [0.2, 0.25) is 0 Å². The summed E-state index contributed by atoms with van der Waals surface area (Å²) in [5, 5.41) is 5.13. The number of halogens is 2. The maximum Gasteiger partial charge on any atom is 0.0242 e. The van der Waals surface area contributed by atoms with E-state index in [1.165, 1.54) is 27.1 Å². The normalized spacial score (nSPS) is 11.0. The van der Waals surface area contributed by atoms with Crippen LogP contribution in [0.3, 0.4) is 0 Å². The Balaban J connectivity index is 0.000000196. The molecule has 0 bridgehead atoms. The molecule has 31 heavy (non-hydrogen) atoms. The molecule has 4 aromatic carbocycles. The molecule has 0 saturated carbocycles. The summed E-state index contributed by atoms with van der Waals surface area (Å²) >= 11 is 6.81. The summed E-state index contributed by atoms with van der Waals surface area (Å²) in [4.78, 5) is 0. The molecule has 0 heterocycles. The molecule has 0 nitrogen and oxygen atoms in total. The number of alkyl halides is 1. The minimum Gasteiger partial charge on any atom is -0.0880 e. The highest BCUT2D eigenvalue weighted by molar-refractivity contribution is 9.10. The lowest BCUT2D eigenvalue weighted by Gasteiger charge is -2.18. The van der Waals surface area contributed by atoms with Gasteiger partial charge in [-0.25, -0.2) is 0 Å². The molecule has 0 aliphatic heterocycles. The summed E-state index contributed by atoms with van der Waals surface area (Å²) in [5.41, 5.74) is 2.58. The van der Waals surface area contributed by atoms with Crippen LogP contribution in [-0.2, 0) is 0 Å². The topological polar surface area (TPSA) is 0 Å². The summed E-state index contributed by atoms with van der Waals surface area (Å²) in [6.07, 6.45) is 2.17. The Labute approximate surface area is 204 Å². The first-order chi connectivity index (χ1) is 15.2. The van der Waals surface area contributed by atoms with Gasteiger partial charge in [0.05, 0.1) is 0 Å². The van der Waals surface area contributed by atoms with Crippen molar-refractivity contribution in [3.63, 3.8) is 0 Å². The average Bonchev–Trinajstić information content (AvgIpc) is 2.83. The predicted octanol–water partition coefficient (Wildman–Crippen LogP) is 7.69. The lowest BCUT2D eigenvalue weighted by atomic mass is 10.2. The van der Waals surface area contributed by atoms with Gasteiger partial charge in [-0.1, -0.05) is 147 Å². The summed E-state index contributed by atoms with van der Waals surface area (Å²) in [7, 11) is -0.446. The Bertz CT molecular complexity index is 966. The fourth-order valence-electron chi connectivity index (χ4n) is 3.06. The molecule has 0 aliphatic rings. The summed E-state index contributed by atoms with van der Waals surface area (Å²) in [5.74, 6) is 0. The molecule has 0 amide bonds. The highest BCUT2D eigenvalue weighted by Gasteiger charge is 2.14. The van der Waals surface area contributed by atoms with Crippen LogP contribution in [0.2, 0.25) is 0 Å². The Morgan fingerprint density at radius 2 is 1.03 bits per heavy atom. The van der Waals surface area contributed by atoms with Crippen LogP contribution in [0.25, 0.3) is 6.08 Å². The van der Waals surface area contributed by atoms with Gasteiger partial charge in [0.25, 0.3) is 0 Å². The van der Waals surface area contributed by atoms with Gasteiger partial charge in [-0.3, -0.25) is 0 Å². The van der Waals surface area contributed by atoms with Crippen LogP contribution >= 0.6 is 39.8 Å². The fourth-order valence-corrected chi connectivity index (χ4v) is 5.79. The third-order valence-electron chi connectivity index (χ3n) is 4.54. The highest BCUT2D eigenvalue weighted by atomic mass is 79.9. The van der Waals surface area contributed by atoms with Crippen LogP contribution in [0.1, 0.15) is 12.5 Å². The smallest absolute Gasteiger partial charge is 0.0242 e. The minimum atomic E-state index is -0.446. The Kier molecular flexibility index (Phi) is 9.75. The second kappa shape index (κ2) is 12.8. The van der Waals surface area contributed by atoms with Gasteiger partial charge in [-0.2, -0.15) is 0 Å². The second-order valence-electron chi connectivity index (χ2n) is 7.02. The van der Waals surface area contributed by atoms with Crippen molar-refractivity contribution in [2.45, 2.75) is 6.92 Å². The van der Waals surface area contributed by atoms with Crippen molar-refractivity contribution in [3.8, 4) is 0 Å². The van der Waals surface area contributed by atoms with Gasteiger partial charge in [0.15, 0.2) is 0 Å². The van der Waals surface area contributed by atoms with Crippen molar-refractivity contribution in [1.29, 1.82) is 0 Å². The number of benzene rings is 4. The van der Waals surface area contributed by atoms with E-state index >= 15 is 0 Å². The van der Waals surface area contributed by atoms with Crippen LogP contribution in [-0.4, -0.2) is 5.33 Å². The third-order valence-corrected chi connectivity index (χ3v) is 8.39. The van der Waals surface area contributed by atoms with E-state index in [1.807, 2.05) is 12.1 Å². The molecule has 0 spiro atoms. The van der Waals surface area contributed by atoms with Crippen LogP contribution in [0.4, 0.5) is 0 Å². The van der Waals surface area contributed by atoms with E-state index in [9.17, 15) is 0 Å². The molecule has 0 aliphatic carbocycles. The van der Waals surface area contributed by atoms with E-state index < -0.39 is 7.92 Å². The monoisotopic (exact) mass is 550 g/mol. The van der Waals surface area contributed by atoms with Crippen molar-refractivity contribution in [1.82, 2.24) is 0 Å². The number of rotatable bonds is 5. The van der Waals surface area contributed by atoms with Gasteiger partial charge >= 0.3 is 0 Å². The molecule has 156 valence electrons.